The minimum absolute atomic E-state index is 0.139. The fourth-order valence-corrected chi connectivity index (χ4v) is 3.97. The largest absolute Gasteiger partial charge is 0.497 e. The van der Waals surface area contributed by atoms with Gasteiger partial charge in [0.15, 0.2) is 0 Å². The minimum atomic E-state index is -5.09. The molecule has 48 heavy (non-hydrogen) atoms. The van der Waals surface area contributed by atoms with Gasteiger partial charge in [-0.15, -0.1) is 0 Å². The van der Waals surface area contributed by atoms with Gasteiger partial charge in [0.1, 0.15) is 30.2 Å². The maximum Gasteiger partial charge on any atom is 0.405 e. The highest BCUT2D eigenvalue weighted by Crippen LogP contribution is 2.29. The lowest BCUT2D eigenvalue weighted by Gasteiger charge is -2.28. The van der Waals surface area contributed by atoms with Crippen LogP contribution >= 0.6 is 0 Å². The molecule has 0 aromatic heterocycles. The van der Waals surface area contributed by atoms with Gasteiger partial charge in [0.25, 0.3) is 11.8 Å². The number of halogens is 8. The molecule has 5 N–H and O–H groups in total. The lowest BCUT2D eigenvalue weighted by molar-refractivity contribution is -0.165. The molecule has 0 saturated heterocycles. The smallest absolute Gasteiger partial charge is 0.405 e. The van der Waals surface area contributed by atoms with Crippen molar-refractivity contribution in [1.29, 1.82) is 0 Å². The maximum atomic E-state index is 14.7. The van der Waals surface area contributed by atoms with Crippen LogP contribution in [0.1, 0.15) is 31.0 Å². The summed E-state index contributed by atoms with van der Waals surface area (Å²) in [5.41, 5.74) is -1.24. The molecule has 0 aliphatic carbocycles. The molecule has 0 bridgehead atoms. The standard InChI is InChI=1S/C29H30F8N4O7/c1-14(2)20(22(43)29(36,37)25(46)38-13-27(31,32)33)40-24(45)21(15-7-9-18(48-3)10-8-15)41-23(44)19(12-42)39-26(47)28(34,35)16-5-4-6-17(30)11-16/h4-11,14,19-21,42H,12-13H2,1-3H3,(H,38,46)(H,39,47)(H,40,45)(H,41,44)/t19-,20-,21-/m0/s1. The average molecular weight is 699 g/mol. The van der Waals surface area contributed by atoms with E-state index in [1.54, 1.807) is 5.32 Å². The van der Waals surface area contributed by atoms with Crippen LogP contribution in [0.25, 0.3) is 0 Å². The summed E-state index contributed by atoms with van der Waals surface area (Å²) in [4.78, 5) is 63.4. The summed E-state index contributed by atoms with van der Waals surface area (Å²) in [6.07, 6.45) is -5.09. The van der Waals surface area contributed by atoms with Gasteiger partial charge >= 0.3 is 18.0 Å². The molecule has 264 valence electrons. The Morgan fingerprint density at radius 3 is 1.94 bits per heavy atom. The normalized spacial score (nSPS) is 13.9. The van der Waals surface area contributed by atoms with E-state index in [0.29, 0.717) is 6.07 Å². The van der Waals surface area contributed by atoms with Gasteiger partial charge in [0, 0.05) is 5.56 Å². The van der Waals surface area contributed by atoms with Gasteiger partial charge in [-0.2, -0.15) is 30.7 Å². The highest BCUT2D eigenvalue weighted by molar-refractivity contribution is 6.10. The van der Waals surface area contributed by atoms with Crippen molar-refractivity contribution in [2.24, 2.45) is 5.92 Å². The average Bonchev–Trinajstić information content (AvgIpc) is 3.02. The molecule has 0 aliphatic rings. The molecule has 0 unspecified atom stereocenters. The number of ether oxygens (including phenoxy) is 1. The number of aliphatic hydroxyl groups is 1. The number of amides is 4. The third-order valence-corrected chi connectivity index (χ3v) is 6.57. The van der Waals surface area contributed by atoms with Gasteiger partial charge < -0.3 is 31.1 Å². The fourth-order valence-electron chi connectivity index (χ4n) is 3.97. The Hall–Kier alpha value is -4.81. The molecule has 0 radical (unpaired) electrons. The summed E-state index contributed by atoms with van der Waals surface area (Å²) < 4.78 is 115. The van der Waals surface area contributed by atoms with E-state index in [1.165, 1.54) is 31.4 Å². The molecule has 2 aromatic rings. The molecular weight excluding hydrogens is 668 g/mol. The third-order valence-electron chi connectivity index (χ3n) is 6.57. The molecule has 0 saturated carbocycles. The van der Waals surface area contributed by atoms with Crippen LogP contribution in [-0.2, 0) is 29.9 Å². The van der Waals surface area contributed by atoms with Crippen molar-refractivity contribution in [2.75, 3.05) is 20.3 Å². The Kier molecular flexibility index (Phi) is 13.0. The number of ketones is 1. The zero-order valence-electron chi connectivity index (χ0n) is 25.3. The molecule has 11 nitrogen and oxygen atoms in total. The van der Waals surface area contributed by atoms with Crippen molar-refractivity contribution < 1.29 is 68.9 Å². The number of rotatable bonds is 15. The van der Waals surface area contributed by atoms with Crippen molar-refractivity contribution >= 4 is 29.4 Å². The number of benzene rings is 2. The van der Waals surface area contributed by atoms with Crippen molar-refractivity contribution in [3.05, 3.63) is 65.5 Å². The van der Waals surface area contributed by atoms with Gasteiger partial charge in [0.2, 0.25) is 17.6 Å². The van der Waals surface area contributed by atoms with Crippen molar-refractivity contribution in [2.45, 2.75) is 50.0 Å². The van der Waals surface area contributed by atoms with Gasteiger partial charge in [-0.1, -0.05) is 38.1 Å². The topological polar surface area (TPSA) is 163 Å². The quantitative estimate of drug-likeness (QED) is 0.141. The van der Waals surface area contributed by atoms with Gasteiger partial charge in [-0.05, 0) is 35.7 Å². The molecule has 2 aromatic carbocycles. The molecule has 0 spiro atoms. The molecule has 2 rings (SSSR count). The van der Waals surface area contributed by atoms with Crippen molar-refractivity contribution in [1.82, 2.24) is 21.3 Å². The van der Waals surface area contributed by atoms with E-state index in [0.717, 1.165) is 37.4 Å². The van der Waals surface area contributed by atoms with Gasteiger partial charge in [-0.3, -0.25) is 24.0 Å². The highest BCUT2D eigenvalue weighted by Gasteiger charge is 2.52. The van der Waals surface area contributed by atoms with E-state index in [4.69, 9.17) is 4.74 Å². The first kappa shape index (κ1) is 39.4. The van der Waals surface area contributed by atoms with Crippen LogP contribution in [0.5, 0.6) is 5.75 Å². The van der Waals surface area contributed by atoms with Gasteiger partial charge in [0.05, 0.1) is 19.8 Å². The second-order valence-corrected chi connectivity index (χ2v) is 10.5. The molecular formula is C29H30F8N4O7. The zero-order valence-corrected chi connectivity index (χ0v) is 25.3. The number of alkyl halides is 7. The van der Waals surface area contributed by atoms with Crippen LogP contribution in [0.4, 0.5) is 35.1 Å². The predicted octanol–water partition coefficient (Wildman–Crippen LogP) is 2.28. The third kappa shape index (κ3) is 10.1. The number of methoxy groups -OCH3 is 1. The van der Waals surface area contributed by atoms with E-state index in [2.05, 4.69) is 0 Å². The monoisotopic (exact) mass is 698 g/mol. The van der Waals surface area contributed by atoms with Crippen molar-refractivity contribution in [3.8, 4) is 5.75 Å². The number of nitrogens with one attached hydrogen (secondary N) is 4. The Morgan fingerprint density at radius 2 is 1.44 bits per heavy atom. The summed E-state index contributed by atoms with van der Waals surface area (Å²) in [5, 5.41) is 16.1. The Bertz CT molecular complexity index is 1490. The van der Waals surface area contributed by atoms with Crippen molar-refractivity contribution in [3.63, 3.8) is 0 Å². The zero-order chi connectivity index (χ0) is 36.6. The molecule has 19 heteroatoms. The summed E-state index contributed by atoms with van der Waals surface area (Å²) in [5.74, 6) is -21.5. The first-order valence-corrected chi connectivity index (χ1v) is 13.7. The SMILES string of the molecule is COc1ccc([C@H](NC(=O)[C@H](CO)NC(=O)C(F)(F)c2cccc(F)c2)C(=O)N[C@H](C(=O)C(F)(F)C(=O)NCC(F)(F)F)C(C)C)cc1. The number of carbonyl (C=O) groups excluding carboxylic acids is 5. The van der Waals surface area contributed by atoms with E-state index in [9.17, 15) is 64.2 Å². The predicted molar refractivity (Wildman–Crippen MR) is 149 cm³/mol. The van der Waals surface area contributed by atoms with Crippen LogP contribution in [0.3, 0.4) is 0 Å². The van der Waals surface area contributed by atoms with E-state index < -0.39 is 96.0 Å². The Balaban J connectivity index is 2.37. The molecule has 0 heterocycles. The van der Waals surface area contributed by atoms with Crippen LogP contribution in [0, 0.1) is 11.7 Å². The number of hydrogen-bond acceptors (Lipinski definition) is 7. The van der Waals surface area contributed by atoms with E-state index in [-0.39, 0.29) is 11.3 Å². The fraction of sp³-hybridized carbons (Fsp3) is 0.414. The number of hydrogen-bond donors (Lipinski definition) is 5. The first-order valence-electron chi connectivity index (χ1n) is 13.7. The van der Waals surface area contributed by atoms with E-state index >= 15 is 0 Å². The molecule has 3 atom stereocenters. The summed E-state index contributed by atoms with van der Waals surface area (Å²) >= 11 is 0. The summed E-state index contributed by atoms with van der Waals surface area (Å²) in [7, 11) is 1.28. The van der Waals surface area contributed by atoms with Crippen LogP contribution in [-0.4, -0.2) is 79.0 Å². The summed E-state index contributed by atoms with van der Waals surface area (Å²) in [6, 6.07) is 1.33. The second-order valence-electron chi connectivity index (χ2n) is 10.5. The number of Topliss-reactive ketones (excluding diaryl/α,β-unsaturated/α-hetero) is 1. The molecule has 0 aliphatic heterocycles. The Morgan fingerprint density at radius 1 is 0.833 bits per heavy atom. The van der Waals surface area contributed by atoms with Crippen LogP contribution in [0.2, 0.25) is 0 Å². The molecule has 4 amide bonds. The highest BCUT2D eigenvalue weighted by atomic mass is 19.4. The van der Waals surface area contributed by atoms with Crippen LogP contribution in [0.15, 0.2) is 48.5 Å². The first-order chi connectivity index (χ1) is 22.1. The molecule has 0 fully saturated rings. The van der Waals surface area contributed by atoms with Crippen LogP contribution < -0.4 is 26.0 Å². The Labute approximate surface area is 267 Å². The van der Waals surface area contributed by atoms with E-state index in [1.807, 2.05) is 10.6 Å². The number of aliphatic hydroxyl groups excluding tert-OH is 1. The second kappa shape index (κ2) is 15.9. The minimum Gasteiger partial charge on any atom is -0.497 e. The van der Waals surface area contributed by atoms with Gasteiger partial charge in [-0.25, -0.2) is 4.39 Å². The summed E-state index contributed by atoms with van der Waals surface area (Å²) in [6.45, 7) is -1.22. The lowest BCUT2D eigenvalue weighted by Crippen LogP contribution is -2.59. The maximum absolute atomic E-state index is 14.7. The lowest BCUT2D eigenvalue weighted by atomic mass is 9.94. The number of carbonyl (C=O) groups is 5.